The van der Waals surface area contributed by atoms with Crippen LogP contribution in [0, 0.1) is 0 Å². The molecule has 0 fully saturated rings. The molecule has 2 atom stereocenters. The lowest BCUT2D eigenvalue weighted by atomic mass is 10.1. The standard InChI is InChI=1S/C11H13N5O/c1-16-6-13-5-9(16)10-14-11(17-15-10)7-2-3-8(12)4-7/h2-3,5-8H,4,12H2,1H3. The molecule has 2 aromatic rings. The molecule has 17 heavy (non-hydrogen) atoms. The van der Waals surface area contributed by atoms with Crippen LogP contribution in [0.15, 0.2) is 29.2 Å². The molecule has 2 N–H and O–H groups in total. The zero-order valence-electron chi connectivity index (χ0n) is 9.45. The summed E-state index contributed by atoms with van der Waals surface area (Å²) in [5.41, 5.74) is 6.64. The van der Waals surface area contributed by atoms with Gasteiger partial charge in [-0.15, -0.1) is 0 Å². The van der Waals surface area contributed by atoms with Crippen molar-refractivity contribution < 1.29 is 4.52 Å². The summed E-state index contributed by atoms with van der Waals surface area (Å²) in [5, 5.41) is 3.97. The Labute approximate surface area is 98.1 Å². The molecule has 88 valence electrons. The minimum atomic E-state index is 0.0899. The van der Waals surface area contributed by atoms with E-state index in [1.165, 1.54) is 0 Å². The maximum atomic E-state index is 5.80. The van der Waals surface area contributed by atoms with Crippen molar-refractivity contribution in [1.82, 2.24) is 19.7 Å². The summed E-state index contributed by atoms with van der Waals surface area (Å²) in [6.45, 7) is 0. The van der Waals surface area contributed by atoms with Crippen molar-refractivity contribution in [1.29, 1.82) is 0 Å². The third-order valence-electron chi connectivity index (χ3n) is 2.92. The SMILES string of the molecule is Cn1cncc1-c1noc(C2C=CC(N)C2)n1. The summed E-state index contributed by atoms with van der Waals surface area (Å²) < 4.78 is 7.12. The van der Waals surface area contributed by atoms with Crippen molar-refractivity contribution in [3.63, 3.8) is 0 Å². The van der Waals surface area contributed by atoms with E-state index in [2.05, 4.69) is 15.1 Å². The molecule has 0 amide bonds. The Morgan fingerprint density at radius 3 is 3.00 bits per heavy atom. The molecule has 1 aliphatic rings. The molecule has 0 aliphatic heterocycles. The first-order valence-electron chi connectivity index (χ1n) is 5.48. The molecule has 6 nitrogen and oxygen atoms in total. The minimum absolute atomic E-state index is 0.0899. The lowest BCUT2D eigenvalue weighted by molar-refractivity contribution is 0.364. The molecular formula is C11H13N5O. The largest absolute Gasteiger partial charge is 0.338 e. The second-order valence-electron chi connectivity index (χ2n) is 4.24. The highest BCUT2D eigenvalue weighted by molar-refractivity contribution is 5.47. The van der Waals surface area contributed by atoms with E-state index in [1.807, 2.05) is 23.8 Å². The van der Waals surface area contributed by atoms with Gasteiger partial charge >= 0.3 is 0 Å². The second-order valence-corrected chi connectivity index (χ2v) is 4.24. The Bertz CT molecular complexity index is 556. The Kier molecular flexibility index (Phi) is 2.29. The molecule has 6 heteroatoms. The fraction of sp³-hybridized carbons (Fsp3) is 0.364. The lowest BCUT2D eigenvalue weighted by Crippen LogP contribution is -2.14. The number of allylic oxidation sites excluding steroid dienone is 1. The Balaban J connectivity index is 1.89. The molecule has 2 unspecified atom stereocenters. The van der Waals surface area contributed by atoms with Gasteiger partial charge in [0.1, 0.15) is 5.69 Å². The van der Waals surface area contributed by atoms with E-state index in [4.69, 9.17) is 10.3 Å². The van der Waals surface area contributed by atoms with Gasteiger partial charge in [0.2, 0.25) is 11.7 Å². The fourth-order valence-electron chi connectivity index (χ4n) is 1.97. The molecule has 3 rings (SSSR count). The van der Waals surface area contributed by atoms with Gasteiger partial charge in [0.25, 0.3) is 0 Å². The molecule has 2 aromatic heterocycles. The zero-order valence-corrected chi connectivity index (χ0v) is 9.45. The lowest BCUT2D eigenvalue weighted by Gasteiger charge is -2.01. The van der Waals surface area contributed by atoms with Crippen molar-refractivity contribution in [2.75, 3.05) is 0 Å². The summed E-state index contributed by atoms with van der Waals surface area (Å²) in [6.07, 6.45) is 8.23. The van der Waals surface area contributed by atoms with Crippen LogP contribution in [0.5, 0.6) is 0 Å². The summed E-state index contributed by atoms with van der Waals surface area (Å²) in [4.78, 5) is 8.41. The minimum Gasteiger partial charge on any atom is -0.338 e. The van der Waals surface area contributed by atoms with E-state index in [1.54, 1.807) is 12.5 Å². The van der Waals surface area contributed by atoms with E-state index in [9.17, 15) is 0 Å². The summed E-state index contributed by atoms with van der Waals surface area (Å²) >= 11 is 0. The molecule has 2 heterocycles. The van der Waals surface area contributed by atoms with E-state index in [0.717, 1.165) is 12.1 Å². The number of aryl methyl sites for hydroxylation is 1. The van der Waals surface area contributed by atoms with E-state index in [0.29, 0.717) is 11.7 Å². The molecule has 0 saturated heterocycles. The maximum absolute atomic E-state index is 5.80. The number of imidazole rings is 1. The number of hydrogen-bond acceptors (Lipinski definition) is 5. The van der Waals surface area contributed by atoms with Crippen molar-refractivity contribution >= 4 is 0 Å². The summed E-state index contributed by atoms with van der Waals surface area (Å²) in [5.74, 6) is 1.32. The Hall–Kier alpha value is -1.95. The van der Waals surface area contributed by atoms with Gasteiger partial charge in [-0.05, 0) is 6.42 Å². The average Bonchev–Trinajstić information content (AvgIpc) is 2.97. The van der Waals surface area contributed by atoms with Crippen LogP contribution in [-0.2, 0) is 7.05 Å². The van der Waals surface area contributed by atoms with E-state index >= 15 is 0 Å². The van der Waals surface area contributed by atoms with Crippen molar-refractivity contribution in [2.45, 2.75) is 18.4 Å². The molecule has 0 radical (unpaired) electrons. The van der Waals surface area contributed by atoms with Crippen molar-refractivity contribution in [2.24, 2.45) is 12.8 Å². The van der Waals surface area contributed by atoms with Crippen LogP contribution in [-0.4, -0.2) is 25.7 Å². The van der Waals surface area contributed by atoms with Crippen LogP contribution in [0.2, 0.25) is 0 Å². The van der Waals surface area contributed by atoms with Crippen LogP contribution >= 0.6 is 0 Å². The number of nitrogens with two attached hydrogens (primary N) is 1. The third-order valence-corrected chi connectivity index (χ3v) is 2.92. The first-order valence-corrected chi connectivity index (χ1v) is 5.48. The van der Waals surface area contributed by atoms with E-state index < -0.39 is 0 Å². The zero-order chi connectivity index (χ0) is 11.8. The predicted octanol–water partition coefficient (Wildman–Crippen LogP) is 0.841. The van der Waals surface area contributed by atoms with Crippen LogP contribution in [0.3, 0.4) is 0 Å². The fourth-order valence-corrected chi connectivity index (χ4v) is 1.97. The van der Waals surface area contributed by atoms with Gasteiger partial charge < -0.3 is 14.8 Å². The van der Waals surface area contributed by atoms with Crippen LogP contribution < -0.4 is 5.73 Å². The Morgan fingerprint density at radius 1 is 1.47 bits per heavy atom. The molecule has 0 aromatic carbocycles. The molecule has 0 bridgehead atoms. The van der Waals surface area contributed by atoms with Gasteiger partial charge in [-0.1, -0.05) is 17.3 Å². The monoisotopic (exact) mass is 231 g/mol. The van der Waals surface area contributed by atoms with Gasteiger partial charge in [0.05, 0.1) is 18.4 Å². The van der Waals surface area contributed by atoms with Gasteiger partial charge in [0.15, 0.2) is 0 Å². The van der Waals surface area contributed by atoms with E-state index in [-0.39, 0.29) is 12.0 Å². The molecular weight excluding hydrogens is 218 g/mol. The highest BCUT2D eigenvalue weighted by atomic mass is 16.5. The topological polar surface area (TPSA) is 82.8 Å². The Morgan fingerprint density at radius 2 is 2.35 bits per heavy atom. The van der Waals surface area contributed by atoms with Gasteiger partial charge in [-0.25, -0.2) is 4.98 Å². The maximum Gasteiger partial charge on any atom is 0.234 e. The summed E-state index contributed by atoms with van der Waals surface area (Å²) in [7, 11) is 1.89. The van der Waals surface area contributed by atoms with Crippen molar-refractivity contribution in [3.05, 3.63) is 30.6 Å². The van der Waals surface area contributed by atoms with Crippen LogP contribution in [0.4, 0.5) is 0 Å². The van der Waals surface area contributed by atoms with Gasteiger partial charge in [0, 0.05) is 13.1 Å². The van der Waals surface area contributed by atoms with Gasteiger partial charge in [-0.3, -0.25) is 0 Å². The highest BCUT2D eigenvalue weighted by Crippen LogP contribution is 2.27. The normalized spacial score (nSPS) is 23.4. The van der Waals surface area contributed by atoms with Crippen molar-refractivity contribution in [3.8, 4) is 11.5 Å². The third kappa shape index (κ3) is 1.76. The average molecular weight is 231 g/mol. The first kappa shape index (κ1) is 10.2. The second kappa shape index (κ2) is 3.81. The molecule has 1 aliphatic carbocycles. The first-order chi connectivity index (χ1) is 8.24. The number of aromatic nitrogens is 4. The number of nitrogens with zero attached hydrogens (tertiary/aromatic N) is 4. The number of rotatable bonds is 2. The predicted molar refractivity (Wildman–Crippen MR) is 61.0 cm³/mol. The molecule has 0 spiro atoms. The van der Waals surface area contributed by atoms with Crippen LogP contribution in [0.1, 0.15) is 18.2 Å². The quantitative estimate of drug-likeness (QED) is 0.774. The highest BCUT2D eigenvalue weighted by Gasteiger charge is 2.23. The van der Waals surface area contributed by atoms with Crippen LogP contribution in [0.25, 0.3) is 11.5 Å². The molecule has 0 saturated carbocycles. The smallest absolute Gasteiger partial charge is 0.234 e. The van der Waals surface area contributed by atoms with Gasteiger partial charge in [-0.2, -0.15) is 4.98 Å². The number of hydrogen-bond donors (Lipinski definition) is 1. The summed E-state index contributed by atoms with van der Waals surface area (Å²) in [6, 6.07) is 0.0899.